The molecule has 2 fully saturated rings. The lowest BCUT2D eigenvalue weighted by molar-refractivity contribution is -0.255. The van der Waals surface area contributed by atoms with E-state index in [-0.39, 0.29) is 32.8 Å². The molecule has 2 aromatic rings. The van der Waals surface area contributed by atoms with Crippen LogP contribution in [0.1, 0.15) is 6.42 Å². The van der Waals surface area contributed by atoms with Gasteiger partial charge < -0.3 is 19.7 Å². The van der Waals surface area contributed by atoms with Gasteiger partial charge in [0.2, 0.25) is 10.0 Å². The minimum atomic E-state index is -4.13. The van der Waals surface area contributed by atoms with Gasteiger partial charge in [0, 0.05) is 18.8 Å². The monoisotopic (exact) mass is 467 g/mol. The molecule has 1 atom stereocenters. The molecule has 0 saturated carbocycles. The molecule has 32 heavy (non-hydrogen) atoms. The number of carbonyl (C=O) groups excluding carboxylic acids is 1. The first-order valence-electron chi connectivity index (χ1n) is 10.1. The molecule has 2 aliphatic heterocycles. The zero-order chi connectivity index (χ0) is 22.8. The van der Waals surface area contributed by atoms with Gasteiger partial charge in [0.05, 0.1) is 26.3 Å². The van der Waals surface area contributed by atoms with Gasteiger partial charge in [0.15, 0.2) is 5.79 Å². The number of nitrogens with zero attached hydrogens (tertiary/aromatic N) is 2. The van der Waals surface area contributed by atoms with Gasteiger partial charge in [0.1, 0.15) is 16.5 Å². The number of benzene rings is 2. The van der Waals surface area contributed by atoms with Crippen molar-refractivity contribution in [2.24, 2.45) is 0 Å². The van der Waals surface area contributed by atoms with Gasteiger partial charge in [-0.05, 0) is 36.8 Å². The Labute approximate surface area is 184 Å². The normalized spacial score (nSPS) is 22.5. The number of ether oxygens (including phenoxy) is 2. The van der Waals surface area contributed by atoms with Crippen molar-refractivity contribution in [2.75, 3.05) is 44.7 Å². The Balaban J connectivity index is 1.53. The van der Waals surface area contributed by atoms with Crippen LogP contribution in [0.25, 0.3) is 0 Å². The molecule has 1 N–H and O–H groups in total. The predicted octanol–water partition coefficient (Wildman–Crippen LogP) is 2.64. The predicted molar refractivity (Wildman–Crippen MR) is 111 cm³/mol. The first-order chi connectivity index (χ1) is 15.3. The van der Waals surface area contributed by atoms with E-state index in [1.54, 1.807) is 6.07 Å². The Morgan fingerprint density at radius 2 is 1.78 bits per heavy atom. The summed E-state index contributed by atoms with van der Waals surface area (Å²) in [5.41, 5.74) is 0.294. The number of amides is 2. The maximum Gasteiger partial charge on any atom is 0.322 e. The van der Waals surface area contributed by atoms with Gasteiger partial charge in [-0.15, -0.1) is 0 Å². The van der Waals surface area contributed by atoms with Gasteiger partial charge in [-0.25, -0.2) is 22.0 Å². The standard InChI is InChI=1S/C21H23F2N3O5S/c22-16-5-3-6-17(13-16)24-20(27)25-9-4-11-30-21(14-25)15-26(10-12-31-21)32(28,29)19-8-2-1-7-18(19)23/h1-3,5-8,13H,4,9-12,14-15H2,(H,24,27). The van der Waals surface area contributed by atoms with Crippen molar-refractivity contribution < 1.29 is 31.5 Å². The molecule has 172 valence electrons. The Hall–Kier alpha value is -2.60. The summed E-state index contributed by atoms with van der Waals surface area (Å²) >= 11 is 0. The highest BCUT2D eigenvalue weighted by Crippen LogP contribution is 2.29. The van der Waals surface area contributed by atoms with E-state index in [0.29, 0.717) is 18.7 Å². The van der Waals surface area contributed by atoms with E-state index in [0.717, 1.165) is 10.4 Å². The second-order valence-electron chi connectivity index (χ2n) is 7.59. The summed E-state index contributed by atoms with van der Waals surface area (Å²) in [5.74, 6) is -2.72. The molecule has 1 spiro atoms. The third kappa shape index (κ3) is 4.75. The van der Waals surface area contributed by atoms with Crippen molar-refractivity contribution in [3.05, 3.63) is 60.2 Å². The van der Waals surface area contributed by atoms with Crippen LogP contribution >= 0.6 is 0 Å². The van der Waals surface area contributed by atoms with Gasteiger partial charge >= 0.3 is 6.03 Å². The lowest BCUT2D eigenvalue weighted by Gasteiger charge is -2.42. The van der Waals surface area contributed by atoms with E-state index in [1.807, 2.05) is 0 Å². The fourth-order valence-electron chi connectivity index (χ4n) is 3.78. The van der Waals surface area contributed by atoms with E-state index in [1.165, 1.54) is 41.3 Å². The molecule has 0 aliphatic carbocycles. The Morgan fingerprint density at radius 3 is 2.56 bits per heavy atom. The third-order valence-corrected chi connectivity index (χ3v) is 7.19. The largest absolute Gasteiger partial charge is 0.347 e. The quantitative estimate of drug-likeness (QED) is 0.750. The number of nitrogens with one attached hydrogen (secondary N) is 1. The summed E-state index contributed by atoms with van der Waals surface area (Å²) in [5, 5.41) is 2.63. The van der Waals surface area contributed by atoms with Crippen LogP contribution in [-0.4, -0.2) is 68.8 Å². The maximum atomic E-state index is 14.2. The van der Waals surface area contributed by atoms with E-state index in [4.69, 9.17) is 9.47 Å². The molecular formula is C21H23F2N3O5S. The van der Waals surface area contributed by atoms with Crippen molar-refractivity contribution in [1.82, 2.24) is 9.21 Å². The van der Waals surface area contributed by atoms with Crippen LogP contribution < -0.4 is 5.32 Å². The number of halogens is 2. The van der Waals surface area contributed by atoms with Crippen LogP contribution in [0.5, 0.6) is 0 Å². The molecule has 2 aliphatic rings. The number of sulfonamides is 1. The highest BCUT2D eigenvalue weighted by Gasteiger charge is 2.45. The Bertz CT molecular complexity index is 1100. The second-order valence-corrected chi connectivity index (χ2v) is 9.50. The number of morpholine rings is 1. The molecule has 1 unspecified atom stereocenters. The number of hydrogen-bond donors (Lipinski definition) is 1. The molecular weight excluding hydrogens is 444 g/mol. The van der Waals surface area contributed by atoms with Crippen molar-refractivity contribution >= 4 is 21.7 Å². The fraction of sp³-hybridized carbons (Fsp3) is 0.381. The van der Waals surface area contributed by atoms with E-state index >= 15 is 0 Å². The highest BCUT2D eigenvalue weighted by molar-refractivity contribution is 7.89. The number of anilines is 1. The minimum absolute atomic E-state index is 0.0209. The topological polar surface area (TPSA) is 88.2 Å². The summed E-state index contributed by atoms with van der Waals surface area (Å²) < 4.78 is 66.5. The first kappa shape index (κ1) is 22.6. The SMILES string of the molecule is O=C(Nc1cccc(F)c1)N1CCCOC2(C1)CN(S(=O)(=O)c1ccccc1F)CCO2. The molecule has 0 bridgehead atoms. The van der Waals surface area contributed by atoms with Crippen LogP contribution in [0.4, 0.5) is 19.3 Å². The number of carbonyl (C=O) groups is 1. The summed E-state index contributed by atoms with van der Waals surface area (Å²) in [6.07, 6.45) is 0.502. The van der Waals surface area contributed by atoms with Crippen LogP contribution in [0, 0.1) is 11.6 Å². The minimum Gasteiger partial charge on any atom is -0.347 e. The first-order valence-corrected chi connectivity index (χ1v) is 11.6. The molecule has 8 nitrogen and oxygen atoms in total. The van der Waals surface area contributed by atoms with Crippen LogP contribution in [0.3, 0.4) is 0 Å². The van der Waals surface area contributed by atoms with E-state index in [2.05, 4.69) is 5.32 Å². The van der Waals surface area contributed by atoms with Crippen LogP contribution in [0.15, 0.2) is 53.4 Å². The Morgan fingerprint density at radius 1 is 1.00 bits per heavy atom. The molecule has 0 radical (unpaired) electrons. The fourth-order valence-corrected chi connectivity index (χ4v) is 5.30. The molecule has 4 rings (SSSR count). The molecule has 2 heterocycles. The zero-order valence-corrected chi connectivity index (χ0v) is 18.0. The van der Waals surface area contributed by atoms with Crippen molar-refractivity contribution in [3.8, 4) is 0 Å². The summed E-state index contributed by atoms with van der Waals surface area (Å²) in [6.45, 7) is 0.388. The summed E-state index contributed by atoms with van der Waals surface area (Å²) in [4.78, 5) is 13.8. The summed E-state index contributed by atoms with van der Waals surface area (Å²) in [7, 11) is -4.13. The number of hydrogen-bond acceptors (Lipinski definition) is 5. The van der Waals surface area contributed by atoms with Gasteiger partial charge in [-0.1, -0.05) is 18.2 Å². The average Bonchev–Trinajstić information content (AvgIpc) is 2.96. The van der Waals surface area contributed by atoms with Crippen molar-refractivity contribution in [3.63, 3.8) is 0 Å². The van der Waals surface area contributed by atoms with Gasteiger partial charge in [-0.3, -0.25) is 0 Å². The Kier molecular flexibility index (Phi) is 6.42. The molecule has 0 aromatic heterocycles. The lowest BCUT2D eigenvalue weighted by Crippen LogP contribution is -2.59. The summed E-state index contributed by atoms with van der Waals surface area (Å²) in [6, 6.07) is 10.2. The van der Waals surface area contributed by atoms with Gasteiger partial charge in [-0.2, -0.15) is 4.31 Å². The van der Waals surface area contributed by atoms with Crippen LogP contribution in [0.2, 0.25) is 0 Å². The number of urea groups is 1. The molecule has 2 aromatic carbocycles. The maximum absolute atomic E-state index is 14.2. The smallest absolute Gasteiger partial charge is 0.322 e. The van der Waals surface area contributed by atoms with Crippen molar-refractivity contribution in [2.45, 2.75) is 17.1 Å². The van der Waals surface area contributed by atoms with Crippen LogP contribution in [-0.2, 0) is 19.5 Å². The average molecular weight is 467 g/mol. The van der Waals surface area contributed by atoms with Gasteiger partial charge in [0.25, 0.3) is 0 Å². The molecule has 11 heteroatoms. The molecule has 2 amide bonds. The highest BCUT2D eigenvalue weighted by atomic mass is 32.2. The van der Waals surface area contributed by atoms with Crippen molar-refractivity contribution in [1.29, 1.82) is 0 Å². The molecule has 2 saturated heterocycles. The second kappa shape index (κ2) is 9.10. The zero-order valence-electron chi connectivity index (χ0n) is 17.2. The number of rotatable bonds is 3. The lowest BCUT2D eigenvalue weighted by atomic mass is 10.2. The third-order valence-electron chi connectivity index (χ3n) is 5.31. The van der Waals surface area contributed by atoms with E-state index < -0.39 is 38.4 Å². The van der Waals surface area contributed by atoms with E-state index in [9.17, 15) is 22.0 Å².